The molecule has 2 N–H and O–H groups in total. The summed E-state index contributed by atoms with van der Waals surface area (Å²) in [6.45, 7) is 11.4. The first-order chi connectivity index (χ1) is 12.1. The molecule has 0 saturated heterocycles. The van der Waals surface area contributed by atoms with Crippen LogP contribution in [0.25, 0.3) is 0 Å². The summed E-state index contributed by atoms with van der Waals surface area (Å²) in [5, 5.41) is 2.78. The Morgan fingerprint density at radius 1 is 1.12 bits per heavy atom. The van der Waals surface area contributed by atoms with Crippen molar-refractivity contribution in [2.45, 2.75) is 70.2 Å². The average Bonchev–Trinajstić information content (AvgIpc) is 2.58. The highest BCUT2D eigenvalue weighted by molar-refractivity contribution is 7.89. The fourth-order valence-corrected chi connectivity index (χ4v) is 5.80. The maximum atomic E-state index is 13.3. The van der Waals surface area contributed by atoms with Gasteiger partial charge in [-0.2, -0.15) is 4.72 Å². The van der Waals surface area contributed by atoms with E-state index >= 15 is 0 Å². The molecule has 0 spiro atoms. The second kappa shape index (κ2) is 7.92. The van der Waals surface area contributed by atoms with Crippen LogP contribution in [0.3, 0.4) is 0 Å². The fraction of sp³-hybridized carbons (Fsp3) is 0.550. The topological polar surface area (TPSA) is 75.3 Å². The van der Waals surface area contributed by atoms with Gasteiger partial charge in [-0.1, -0.05) is 31.4 Å². The number of aryl methyl sites for hydroxylation is 2. The molecular formula is C20H30N2O3S. The van der Waals surface area contributed by atoms with Crippen LogP contribution in [-0.2, 0) is 14.8 Å². The Bertz CT molecular complexity index is 781. The molecule has 1 fully saturated rings. The number of carbonyl (C=O) groups excluding carboxylic acids is 1. The quantitative estimate of drug-likeness (QED) is 0.747. The molecule has 2 rings (SSSR count). The van der Waals surface area contributed by atoms with E-state index in [1.807, 2.05) is 33.8 Å². The van der Waals surface area contributed by atoms with Gasteiger partial charge in [-0.05, 0) is 62.8 Å². The molecule has 6 heteroatoms. The number of hydrogen-bond acceptors (Lipinski definition) is 3. The second-order valence-corrected chi connectivity index (χ2v) is 8.96. The summed E-state index contributed by atoms with van der Waals surface area (Å²) in [6.07, 6.45) is 5.29. The molecule has 1 saturated carbocycles. The molecule has 0 aliphatic heterocycles. The van der Waals surface area contributed by atoms with E-state index in [9.17, 15) is 13.2 Å². The number of nitrogens with one attached hydrogen (secondary N) is 2. The van der Waals surface area contributed by atoms with E-state index in [2.05, 4.69) is 16.6 Å². The van der Waals surface area contributed by atoms with Crippen molar-refractivity contribution in [2.75, 3.05) is 6.54 Å². The lowest BCUT2D eigenvalue weighted by atomic mass is 9.82. The van der Waals surface area contributed by atoms with Crippen molar-refractivity contribution in [1.82, 2.24) is 10.0 Å². The Hall–Kier alpha value is -1.66. The largest absolute Gasteiger partial charge is 0.351 e. The Morgan fingerprint density at radius 2 is 1.65 bits per heavy atom. The van der Waals surface area contributed by atoms with E-state index in [-0.39, 0.29) is 5.91 Å². The lowest BCUT2D eigenvalue weighted by Gasteiger charge is -2.36. The predicted octanol–water partition coefficient (Wildman–Crippen LogP) is 3.20. The molecule has 1 aliphatic rings. The van der Waals surface area contributed by atoms with Crippen molar-refractivity contribution in [3.63, 3.8) is 0 Å². The lowest BCUT2D eigenvalue weighted by Crippen LogP contribution is -2.59. The van der Waals surface area contributed by atoms with E-state index in [1.165, 1.54) is 0 Å². The molecule has 1 aromatic carbocycles. The van der Waals surface area contributed by atoms with Crippen LogP contribution in [0.1, 0.15) is 54.4 Å². The van der Waals surface area contributed by atoms with E-state index in [4.69, 9.17) is 0 Å². The van der Waals surface area contributed by atoms with Gasteiger partial charge in [-0.25, -0.2) is 8.42 Å². The highest BCUT2D eigenvalue weighted by Gasteiger charge is 2.43. The zero-order valence-corrected chi connectivity index (χ0v) is 17.1. The van der Waals surface area contributed by atoms with Gasteiger partial charge in [-0.15, -0.1) is 6.58 Å². The van der Waals surface area contributed by atoms with Crippen LogP contribution in [-0.4, -0.2) is 26.4 Å². The average molecular weight is 379 g/mol. The first-order valence-electron chi connectivity index (χ1n) is 9.15. The van der Waals surface area contributed by atoms with Gasteiger partial charge in [0, 0.05) is 6.54 Å². The Morgan fingerprint density at radius 3 is 2.15 bits per heavy atom. The summed E-state index contributed by atoms with van der Waals surface area (Å²) >= 11 is 0. The van der Waals surface area contributed by atoms with Crippen LogP contribution in [0.15, 0.2) is 23.6 Å². The molecular weight excluding hydrogens is 348 g/mol. The number of rotatable bonds is 6. The normalized spacial score (nSPS) is 16.9. The Balaban J connectivity index is 2.48. The van der Waals surface area contributed by atoms with Gasteiger partial charge >= 0.3 is 0 Å². The number of benzene rings is 1. The molecule has 144 valence electrons. The highest BCUT2D eigenvalue weighted by atomic mass is 32.2. The first-order valence-corrected chi connectivity index (χ1v) is 10.6. The summed E-state index contributed by atoms with van der Waals surface area (Å²) in [5.74, 6) is -0.264. The third-order valence-corrected chi connectivity index (χ3v) is 7.25. The summed E-state index contributed by atoms with van der Waals surface area (Å²) in [6, 6.07) is 2.00. The molecule has 0 heterocycles. The third-order valence-electron chi connectivity index (χ3n) is 5.44. The van der Waals surface area contributed by atoms with Crippen LogP contribution in [0.4, 0.5) is 0 Å². The summed E-state index contributed by atoms with van der Waals surface area (Å²) in [4.78, 5) is 13.1. The minimum Gasteiger partial charge on any atom is -0.351 e. The molecule has 1 amide bonds. The van der Waals surface area contributed by atoms with Crippen LogP contribution < -0.4 is 10.0 Å². The smallest absolute Gasteiger partial charge is 0.242 e. The SMILES string of the molecule is C=CCNC(=O)C1(NS(=O)(=O)c2c(C)c(C)cc(C)c2C)CCCCC1. The number of hydrogen-bond donors (Lipinski definition) is 2. The molecule has 0 atom stereocenters. The highest BCUT2D eigenvalue weighted by Crippen LogP contribution is 2.32. The molecule has 0 radical (unpaired) electrons. The fourth-order valence-electron chi connectivity index (χ4n) is 3.76. The van der Waals surface area contributed by atoms with Crippen molar-refractivity contribution in [3.8, 4) is 0 Å². The number of sulfonamides is 1. The van der Waals surface area contributed by atoms with Crippen molar-refractivity contribution >= 4 is 15.9 Å². The van der Waals surface area contributed by atoms with Gasteiger partial charge in [0.05, 0.1) is 4.90 Å². The lowest BCUT2D eigenvalue weighted by molar-refractivity contribution is -0.128. The van der Waals surface area contributed by atoms with Crippen molar-refractivity contribution in [2.24, 2.45) is 0 Å². The molecule has 0 unspecified atom stereocenters. The van der Waals surface area contributed by atoms with Crippen molar-refractivity contribution < 1.29 is 13.2 Å². The molecule has 5 nitrogen and oxygen atoms in total. The van der Waals surface area contributed by atoms with E-state index in [1.54, 1.807) is 6.08 Å². The van der Waals surface area contributed by atoms with Crippen LogP contribution >= 0.6 is 0 Å². The minimum atomic E-state index is -3.83. The predicted molar refractivity (Wildman–Crippen MR) is 105 cm³/mol. The zero-order valence-electron chi connectivity index (χ0n) is 16.2. The van der Waals surface area contributed by atoms with E-state index in [0.29, 0.717) is 24.3 Å². The van der Waals surface area contributed by atoms with E-state index in [0.717, 1.165) is 41.5 Å². The van der Waals surface area contributed by atoms with Crippen molar-refractivity contribution in [3.05, 3.63) is 41.0 Å². The second-order valence-electron chi connectivity index (χ2n) is 7.34. The van der Waals surface area contributed by atoms with Gasteiger partial charge in [-0.3, -0.25) is 4.79 Å². The van der Waals surface area contributed by atoms with Gasteiger partial charge in [0.25, 0.3) is 0 Å². The standard InChI is InChI=1S/C20H30N2O3S/c1-6-12-21-19(23)20(10-8-7-9-11-20)22-26(24,25)18-16(4)14(2)13-15(3)17(18)5/h6,13,22H,1,7-12H2,2-5H3,(H,21,23). The van der Waals surface area contributed by atoms with Crippen molar-refractivity contribution in [1.29, 1.82) is 0 Å². The number of amides is 1. The van der Waals surface area contributed by atoms with E-state index < -0.39 is 15.6 Å². The van der Waals surface area contributed by atoms with Gasteiger partial charge in [0.1, 0.15) is 5.54 Å². The first kappa shape index (κ1) is 20.6. The Kier molecular flexibility index (Phi) is 6.29. The Labute approximate surface area is 157 Å². The summed E-state index contributed by atoms with van der Waals surface area (Å²) in [7, 11) is -3.83. The molecule has 1 aromatic rings. The maximum Gasteiger partial charge on any atom is 0.242 e. The van der Waals surface area contributed by atoms with Gasteiger partial charge in [0.2, 0.25) is 15.9 Å². The molecule has 26 heavy (non-hydrogen) atoms. The number of carbonyl (C=O) groups is 1. The van der Waals surface area contributed by atoms with Crippen LogP contribution in [0.2, 0.25) is 0 Å². The zero-order chi connectivity index (χ0) is 19.5. The monoisotopic (exact) mass is 378 g/mol. The van der Waals surface area contributed by atoms with Crippen LogP contribution in [0, 0.1) is 27.7 Å². The van der Waals surface area contributed by atoms with Gasteiger partial charge in [0.15, 0.2) is 0 Å². The summed E-state index contributed by atoms with van der Waals surface area (Å²) in [5.41, 5.74) is 2.25. The molecule has 0 aromatic heterocycles. The van der Waals surface area contributed by atoms with Crippen LogP contribution in [0.5, 0.6) is 0 Å². The summed E-state index contributed by atoms with van der Waals surface area (Å²) < 4.78 is 29.4. The van der Waals surface area contributed by atoms with Gasteiger partial charge < -0.3 is 5.32 Å². The third kappa shape index (κ3) is 4.01. The molecule has 0 bridgehead atoms. The minimum absolute atomic E-state index is 0.264. The molecule has 1 aliphatic carbocycles. The maximum absolute atomic E-state index is 13.3.